The van der Waals surface area contributed by atoms with Crippen molar-refractivity contribution in [2.75, 3.05) is 19.6 Å². The van der Waals surface area contributed by atoms with Crippen LogP contribution >= 0.6 is 0 Å². The molecule has 1 aliphatic rings. The van der Waals surface area contributed by atoms with Crippen molar-refractivity contribution in [3.63, 3.8) is 0 Å². The van der Waals surface area contributed by atoms with E-state index in [-0.39, 0.29) is 43.1 Å². The van der Waals surface area contributed by atoms with Gasteiger partial charge in [0.15, 0.2) is 0 Å². The number of nitrogens with zero attached hydrogens (tertiary/aromatic N) is 3. The first-order valence-electron chi connectivity index (χ1n) is 11.8. The molecule has 9 heteroatoms. The summed E-state index contributed by atoms with van der Waals surface area (Å²) in [6.07, 6.45) is 4.67. The third-order valence-electron chi connectivity index (χ3n) is 6.71. The Hall–Kier alpha value is -4.01. The minimum Gasteiger partial charge on any atom is -0.469 e. The summed E-state index contributed by atoms with van der Waals surface area (Å²) in [7, 11) is 0. The maximum absolute atomic E-state index is 13.1. The molecule has 182 valence electrons. The van der Waals surface area contributed by atoms with Crippen molar-refractivity contribution in [1.29, 1.82) is 0 Å². The van der Waals surface area contributed by atoms with Crippen molar-refractivity contribution in [3.8, 4) is 0 Å². The van der Waals surface area contributed by atoms with Crippen LogP contribution in [0, 0.1) is 6.92 Å². The fraction of sp³-hybridized carbons (Fsp3) is 0.346. The summed E-state index contributed by atoms with van der Waals surface area (Å²) in [5, 5.41) is 0. The van der Waals surface area contributed by atoms with Crippen LogP contribution in [0.1, 0.15) is 47.2 Å². The van der Waals surface area contributed by atoms with E-state index in [1.165, 1.54) is 6.26 Å². The number of amides is 2. The van der Waals surface area contributed by atoms with Gasteiger partial charge in [0.1, 0.15) is 11.5 Å². The van der Waals surface area contributed by atoms with Crippen LogP contribution in [0.5, 0.6) is 0 Å². The Balaban J connectivity index is 1.22. The van der Waals surface area contributed by atoms with E-state index in [1.807, 2.05) is 39.8 Å². The number of para-hydroxylation sites is 2. The minimum atomic E-state index is -0.196. The maximum atomic E-state index is 13.1. The topological polar surface area (TPSA) is 105 Å². The first kappa shape index (κ1) is 22.8. The van der Waals surface area contributed by atoms with Crippen LogP contribution in [-0.4, -0.2) is 50.8 Å². The highest BCUT2D eigenvalue weighted by Crippen LogP contribution is 2.25. The predicted octanol–water partition coefficient (Wildman–Crippen LogP) is 3.72. The largest absolute Gasteiger partial charge is 0.469 e. The van der Waals surface area contributed by atoms with E-state index in [1.54, 1.807) is 30.2 Å². The molecule has 0 spiro atoms. The van der Waals surface area contributed by atoms with E-state index in [4.69, 9.17) is 8.83 Å². The number of rotatable bonds is 7. The van der Waals surface area contributed by atoms with E-state index in [0.717, 1.165) is 11.0 Å². The molecule has 35 heavy (non-hydrogen) atoms. The molecule has 4 heterocycles. The molecule has 0 saturated carbocycles. The first-order chi connectivity index (χ1) is 17.0. The molecule has 3 aromatic heterocycles. The molecule has 4 aromatic rings. The first-order valence-corrected chi connectivity index (χ1v) is 11.8. The molecule has 1 fully saturated rings. The van der Waals surface area contributed by atoms with E-state index < -0.39 is 0 Å². The van der Waals surface area contributed by atoms with E-state index in [9.17, 15) is 14.4 Å². The second kappa shape index (κ2) is 9.69. The Kier molecular flexibility index (Phi) is 6.31. The highest BCUT2D eigenvalue weighted by Gasteiger charge is 2.27. The molecule has 1 N–H and O–H groups in total. The highest BCUT2D eigenvalue weighted by molar-refractivity contribution is 5.95. The smallest absolute Gasteiger partial charge is 0.326 e. The van der Waals surface area contributed by atoms with Gasteiger partial charge in [0, 0.05) is 32.1 Å². The van der Waals surface area contributed by atoms with Gasteiger partial charge in [-0.05, 0) is 50.1 Å². The normalized spacial score (nSPS) is 14.5. The summed E-state index contributed by atoms with van der Waals surface area (Å²) in [6, 6.07) is 12.9. The molecule has 0 radical (unpaired) electrons. The Morgan fingerprint density at radius 1 is 1.06 bits per heavy atom. The summed E-state index contributed by atoms with van der Waals surface area (Å²) >= 11 is 0. The molecule has 9 nitrogen and oxygen atoms in total. The zero-order valence-electron chi connectivity index (χ0n) is 19.6. The third kappa shape index (κ3) is 4.66. The van der Waals surface area contributed by atoms with E-state index in [2.05, 4.69) is 4.98 Å². The molecular formula is C26H28N4O5. The number of hydrogen-bond acceptors (Lipinski definition) is 5. The highest BCUT2D eigenvalue weighted by atomic mass is 16.3. The van der Waals surface area contributed by atoms with Crippen molar-refractivity contribution in [2.45, 2.75) is 38.8 Å². The Morgan fingerprint density at radius 3 is 2.57 bits per heavy atom. The number of likely N-dealkylation sites (tertiary alicyclic amines) is 1. The number of piperidine rings is 1. The molecule has 1 aromatic carbocycles. The van der Waals surface area contributed by atoms with Gasteiger partial charge in [-0.3, -0.25) is 14.2 Å². The van der Waals surface area contributed by atoms with E-state index in [0.29, 0.717) is 43.0 Å². The van der Waals surface area contributed by atoms with Crippen molar-refractivity contribution < 1.29 is 18.4 Å². The lowest BCUT2D eigenvalue weighted by molar-refractivity contribution is -0.132. The number of nitrogens with one attached hydrogen (secondary N) is 1. The number of aryl methyl sites for hydroxylation is 1. The number of furan rings is 2. The summed E-state index contributed by atoms with van der Waals surface area (Å²) in [4.78, 5) is 45.0. The third-order valence-corrected chi connectivity index (χ3v) is 6.71. The number of hydrogen-bond donors (Lipinski definition) is 1. The number of carbonyl (C=O) groups is 2. The fourth-order valence-electron chi connectivity index (χ4n) is 4.82. The van der Waals surface area contributed by atoms with Gasteiger partial charge < -0.3 is 23.6 Å². The monoisotopic (exact) mass is 476 g/mol. The van der Waals surface area contributed by atoms with Crippen molar-refractivity contribution >= 4 is 22.8 Å². The van der Waals surface area contributed by atoms with Gasteiger partial charge in [0.2, 0.25) is 5.91 Å². The average Bonchev–Trinajstić information content (AvgIpc) is 3.61. The molecule has 0 bridgehead atoms. The molecule has 2 amide bonds. The van der Waals surface area contributed by atoms with Gasteiger partial charge in [-0.2, -0.15) is 0 Å². The average molecular weight is 477 g/mol. The molecule has 1 aliphatic heterocycles. The van der Waals surface area contributed by atoms with Gasteiger partial charge in [-0.15, -0.1) is 0 Å². The van der Waals surface area contributed by atoms with Crippen LogP contribution in [0.3, 0.4) is 0 Å². The van der Waals surface area contributed by atoms with Crippen LogP contribution in [0.2, 0.25) is 0 Å². The lowest BCUT2D eigenvalue weighted by Gasteiger charge is -2.33. The maximum Gasteiger partial charge on any atom is 0.326 e. The quantitative estimate of drug-likeness (QED) is 0.438. The van der Waals surface area contributed by atoms with Crippen LogP contribution in [0.25, 0.3) is 11.0 Å². The number of carbonyl (C=O) groups excluding carboxylic acids is 2. The van der Waals surface area contributed by atoms with Gasteiger partial charge in [-0.1, -0.05) is 12.1 Å². The zero-order chi connectivity index (χ0) is 24.4. The number of imidazole rings is 1. The zero-order valence-corrected chi connectivity index (χ0v) is 19.6. The van der Waals surface area contributed by atoms with Crippen LogP contribution in [-0.2, 0) is 11.3 Å². The van der Waals surface area contributed by atoms with Gasteiger partial charge in [0.05, 0.1) is 35.7 Å². The summed E-state index contributed by atoms with van der Waals surface area (Å²) in [5.41, 5.74) is 2.08. The van der Waals surface area contributed by atoms with Gasteiger partial charge in [0.25, 0.3) is 5.91 Å². The number of H-pyrrole nitrogens is 1. The SMILES string of the molecule is Cc1occc1C(=O)N(CCC(=O)N1CCC(n2c(=O)[nH]c3ccccc32)CC1)Cc1ccco1. The lowest BCUT2D eigenvalue weighted by atomic mass is 10.0. The second-order valence-electron chi connectivity index (χ2n) is 8.88. The number of aromatic amines is 1. The molecule has 5 rings (SSSR count). The van der Waals surface area contributed by atoms with Crippen molar-refractivity contribution in [1.82, 2.24) is 19.4 Å². The van der Waals surface area contributed by atoms with Crippen LogP contribution < -0.4 is 5.69 Å². The number of benzene rings is 1. The summed E-state index contributed by atoms with van der Waals surface area (Å²) < 4.78 is 12.5. The van der Waals surface area contributed by atoms with Crippen molar-refractivity contribution in [2.24, 2.45) is 0 Å². The molecule has 1 saturated heterocycles. The molecular weight excluding hydrogens is 448 g/mol. The van der Waals surface area contributed by atoms with Gasteiger partial charge >= 0.3 is 5.69 Å². The Bertz CT molecular complexity index is 1370. The Morgan fingerprint density at radius 2 is 1.86 bits per heavy atom. The molecule has 0 atom stereocenters. The number of aromatic nitrogens is 2. The van der Waals surface area contributed by atoms with Crippen molar-refractivity contribution in [3.05, 3.63) is 82.6 Å². The minimum absolute atomic E-state index is 0.00381. The Labute approximate surface area is 201 Å². The molecule has 0 aliphatic carbocycles. The fourth-order valence-corrected chi connectivity index (χ4v) is 4.82. The standard InChI is InChI=1S/C26H28N4O5/c1-18-21(11-16-34-18)25(32)29(17-20-5-4-15-35-20)14-10-24(31)28-12-8-19(9-13-28)30-23-7-3-2-6-22(23)27-26(30)33/h2-7,11,15-16,19H,8-10,12-14,17H2,1H3,(H,27,33). The predicted molar refractivity (Wildman–Crippen MR) is 129 cm³/mol. The van der Waals surface area contributed by atoms with Crippen LogP contribution in [0.4, 0.5) is 0 Å². The van der Waals surface area contributed by atoms with Gasteiger partial charge in [-0.25, -0.2) is 4.79 Å². The second-order valence-corrected chi connectivity index (χ2v) is 8.88. The van der Waals surface area contributed by atoms with E-state index >= 15 is 0 Å². The lowest BCUT2D eigenvalue weighted by Crippen LogP contribution is -2.42. The number of fused-ring (bicyclic) bond motifs is 1. The summed E-state index contributed by atoms with van der Waals surface area (Å²) in [6.45, 7) is 3.43. The van der Waals surface area contributed by atoms with Crippen LogP contribution in [0.15, 0.2) is 68.6 Å². The summed E-state index contributed by atoms with van der Waals surface area (Å²) in [5.74, 6) is 0.992. The molecule has 0 unspecified atom stereocenters.